The van der Waals surface area contributed by atoms with Gasteiger partial charge in [0, 0.05) is 61.8 Å². The third kappa shape index (κ3) is 6.11. The lowest BCUT2D eigenvalue weighted by Gasteiger charge is -2.53. The molecule has 2 saturated heterocycles. The molecule has 0 radical (unpaired) electrons. The van der Waals surface area contributed by atoms with Crippen LogP contribution in [0.1, 0.15) is 28.8 Å². The Balaban J connectivity index is 1.41. The summed E-state index contributed by atoms with van der Waals surface area (Å²) in [4.78, 5) is 50.6. The lowest BCUT2D eigenvalue weighted by atomic mass is 9.97. The number of carbonyl (C=O) groups excluding carboxylic acids is 3. The topological polar surface area (TPSA) is 123 Å². The zero-order chi connectivity index (χ0) is 32.0. The van der Waals surface area contributed by atoms with Gasteiger partial charge in [-0.2, -0.15) is 4.31 Å². The van der Waals surface area contributed by atoms with Crippen LogP contribution in [-0.2, 0) is 26.0 Å². The average Bonchev–Trinajstić information content (AvgIpc) is 3.85. The minimum Gasteiger partial charge on any atom is -0.378 e. The quantitative estimate of drug-likeness (QED) is 0.391. The van der Waals surface area contributed by atoms with E-state index in [4.69, 9.17) is 23.2 Å². The molecule has 1 N–H and O–H groups in total. The highest BCUT2D eigenvalue weighted by atomic mass is 35.5. The number of sulfonamides is 1. The first-order valence-electron chi connectivity index (χ1n) is 14.5. The van der Waals surface area contributed by atoms with Gasteiger partial charge in [-0.3, -0.25) is 19.4 Å². The van der Waals surface area contributed by atoms with Gasteiger partial charge < -0.3 is 20.0 Å². The van der Waals surface area contributed by atoms with E-state index in [2.05, 4.69) is 10.3 Å². The van der Waals surface area contributed by atoms with Crippen LogP contribution in [0.2, 0.25) is 10.0 Å². The number of hydrogen-bond acceptors (Lipinski definition) is 7. The van der Waals surface area contributed by atoms with E-state index in [1.165, 1.54) is 27.4 Å². The van der Waals surface area contributed by atoms with E-state index in [1.54, 1.807) is 53.7 Å². The third-order valence-electron chi connectivity index (χ3n) is 8.40. The summed E-state index contributed by atoms with van der Waals surface area (Å²) in [6.07, 6.45) is 3.92. The SMILES string of the molecule is CN(C)c1ccc(C(=O)NC2CN(S(=O)(=O)c3ccc(Cl)cc3Cl)C3CN(C4CC4)C(=O)C(Cc4cccnc4)N3C2=O)cc1. The first kappa shape index (κ1) is 31.3. The Labute approximate surface area is 271 Å². The molecule has 45 heavy (non-hydrogen) atoms. The number of carbonyl (C=O) groups is 3. The minimum atomic E-state index is -4.35. The number of amides is 3. The molecule has 0 spiro atoms. The summed E-state index contributed by atoms with van der Waals surface area (Å²) >= 11 is 12.5. The summed E-state index contributed by atoms with van der Waals surface area (Å²) in [5.74, 6) is -1.35. The second-order valence-corrected chi connectivity index (χ2v) is 14.3. The highest BCUT2D eigenvalue weighted by Gasteiger charge is 2.55. The molecule has 236 valence electrons. The minimum absolute atomic E-state index is 0.00408. The maximum absolute atomic E-state index is 14.4. The first-order valence-corrected chi connectivity index (χ1v) is 16.7. The molecule has 2 aliphatic heterocycles. The van der Waals surface area contributed by atoms with Gasteiger partial charge in [0.1, 0.15) is 23.1 Å². The van der Waals surface area contributed by atoms with Crippen molar-refractivity contribution in [1.29, 1.82) is 0 Å². The van der Waals surface area contributed by atoms with E-state index < -0.39 is 40.1 Å². The number of anilines is 1. The van der Waals surface area contributed by atoms with Crippen LogP contribution >= 0.6 is 23.2 Å². The van der Waals surface area contributed by atoms with Gasteiger partial charge in [-0.1, -0.05) is 29.3 Å². The summed E-state index contributed by atoms with van der Waals surface area (Å²) in [6, 6.07) is 12.1. The summed E-state index contributed by atoms with van der Waals surface area (Å²) in [6.45, 7) is -0.356. The summed E-state index contributed by atoms with van der Waals surface area (Å²) in [5.41, 5.74) is 1.89. The lowest BCUT2D eigenvalue weighted by molar-refractivity contribution is -0.167. The molecule has 6 rings (SSSR count). The Morgan fingerprint density at radius 3 is 2.38 bits per heavy atom. The predicted molar refractivity (Wildman–Crippen MR) is 169 cm³/mol. The number of halogens is 2. The first-order chi connectivity index (χ1) is 21.5. The summed E-state index contributed by atoms with van der Waals surface area (Å²) in [7, 11) is -0.602. The Morgan fingerprint density at radius 2 is 1.76 bits per heavy atom. The van der Waals surface area contributed by atoms with Crippen molar-refractivity contribution in [3.63, 3.8) is 0 Å². The summed E-state index contributed by atoms with van der Waals surface area (Å²) < 4.78 is 29.9. The van der Waals surface area contributed by atoms with E-state index >= 15 is 0 Å². The predicted octanol–water partition coefficient (Wildman–Crippen LogP) is 3.03. The number of piperazine rings is 1. The third-order valence-corrected chi connectivity index (χ3v) is 11.0. The van der Waals surface area contributed by atoms with Crippen LogP contribution < -0.4 is 10.2 Å². The Morgan fingerprint density at radius 1 is 1.02 bits per heavy atom. The molecule has 1 aliphatic carbocycles. The van der Waals surface area contributed by atoms with Crippen molar-refractivity contribution >= 4 is 56.6 Å². The molecule has 3 amide bonds. The number of nitrogens with one attached hydrogen (secondary N) is 1. The van der Waals surface area contributed by atoms with Crippen molar-refractivity contribution in [2.75, 3.05) is 32.1 Å². The maximum atomic E-state index is 14.4. The van der Waals surface area contributed by atoms with E-state index in [9.17, 15) is 22.8 Å². The van der Waals surface area contributed by atoms with Crippen molar-refractivity contribution in [1.82, 2.24) is 24.4 Å². The van der Waals surface area contributed by atoms with Crippen molar-refractivity contribution in [2.24, 2.45) is 0 Å². The van der Waals surface area contributed by atoms with E-state index in [0.29, 0.717) is 11.1 Å². The van der Waals surface area contributed by atoms with E-state index in [-0.39, 0.29) is 46.4 Å². The van der Waals surface area contributed by atoms with Crippen LogP contribution in [0.5, 0.6) is 0 Å². The molecule has 3 aliphatic rings. The molecule has 1 saturated carbocycles. The van der Waals surface area contributed by atoms with Gasteiger partial charge >= 0.3 is 0 Å². The number of rotatable bonds is 8. The average molecular weight is 672 g/mol. The molecule has 1 aromatic heterocycles. The Kier molecular flexibility index (Phi) is 8.51. The molecule has 0 bridgehead atoms. The fourth-order valence-electron chi connectivity index (χ4n) is 5.93. The fourth-order valence-corrected chi connectivity index (χ4v) is 8.27. The molecule has 2 aromatic carbocycles. The Bertz CT molecular complexity index is 1740. The van der Waals surface area contributed by atoms with E-state index in [1.807, 2.05) is 19.0 Å². The van der Waals surface area contributed by atoms with Crippen LogP contribution in [0, 0.1) is 0 Å². The molecule has 3 heterocycles. The normalized spacial score (nSPS) is 22.3. The number of aromatic nitrogens is 1. The van der Waals surface area contributed by atoms with Gasteiger partial charge in [0.2, 0.25) is 21.8 Å². The van der Waals surface area contributed by atoms with Crippen molar-refractivity contribution in [2.45, 2.75) is 48.4 Å². The van der Waals surface area contributed by atoms with Crippen LogP contribution in [0.15, 0.2) is 71.9 Å². The molecule has 11 nitrogen and oxygen atoms in total. The fraction of sp³-hybridized carbons (Fsp3) is 0.355. The van der Waals surface area contributed by atoms with E-state index in [0.717, 1.165) is 18.5 Å². The van der Waals surface area contributed by atoms with Crippen molar-refractivity contribution in [3.8, 4) is 0 Å². The number of pyridine rings is 1. The maximum Gasteiger partial charge on any atom is 0.251 e. The van der Waals surface area contributed by atoms with Gasteiger partial charge in [-0.05, 0) is 66.9 Å². The molecular weight excluding hydrogens is 639 g/mol. The molecule has 3 unspecified atom stereocenters. The van der Waals surface area contributed by atoms with Gasteiger partial charge in [0.25, 0.3) is 5.91 Å². The molecular formula is C31H32Cl2N6O5S. The molecule has 3 aromatic rings. The molecule has 3 fully saturated rings. The molecule has 14 heteroatoms. The van der Waals surface area contributed by atoms with Gasteiger partial charge in [0.15, 0.2) is 0 Å². The second kappa shape index (κ2) is 12.2. The molecule has 3 atom stereocenters. The standard InChI is InChI=1S/C31H32Cl2N6O5S/c1-36(2)22-8-5-20(6-9-22)29(40)35-25-17-38(45(43,44)27-12-7-21(32)15-24(27)33)28-18-37(23-10-11-23)31(42)26(39(28)30(25)41)14-19-4-3-13-34-16-19/h3-9,12-13,15-16,23,25-26,28H,10-11,14,17-18H2,1-2H3,(H,35,40). The monoisotopic (exact) mass is 670 g/mol. The van der Waals surface area contributed by atoms with Gasteiger partial charge in [0.05, 0.1) is 11.6 Å². The van der Waals surface area contributed by atoms with Crippen molar-refractivity contribution in [3.05, 3.63) is 88.2 Å². The lowest BCUT2D eigenvalue weighted by Crippen LogP contribution is -2.76. The highest BCUT2D eigenvalue weighted by Crippen LogP contribution is 2.38. The smallest absolute Gasteiger partial charge is 0.251 e. The largest absolute Gasteiger partial charge is 0.378 e. The van der Waals surface area contributed by atoms with Gasteiger partial charge in [-0.25, -0.2) is 8.42 Å². The van der Waals surface area contributed by atoms with Gasteiger partial charge in [-0.15, -0.1) is 0 Å². The van der Waals surface area contributed by atoms with Crippen LogP contribution in [0.25, 0.3) is 0 Å². The zero-order valence-corrected chi connectivity index (χ0v) is 27.0. The zero-order valence-electron chi connectivity index (χ0n) is 24.6. The van der Waals surface area contributed by atoms with Crippen LogP contribution in [-0.4, -0.2) is 96.7 Å². The number of nitrogens with zero attached hydrogens (tertiary/aromatic N) is 5. The second-order valence-electron chi connectivity index (χ2n) is 11.6. The Hall–Kier alpha value is -3.71. The summed E-state index contributed by atoms with van der Waals surface area (Å²) in [5, 5.41) is 2.93. The van der Waals surface area contributed by atoms with Crippen LogP contribution in [0.4, 0.5) is 5.69 Å². The number of fused-ring (bicyclic) bond motifs is 1. The van der Waals surface area contributed by atoms with Crippen molar-refractivity contribution < 1.29 is 22.8 Å². The van der Waals surface area contributed by atoms with Crippen LogP contribution in [0.3, 0.4) is 0 Å². The highest BCUT2D eigenvalue weighted by molar-refractivity contribution is 7.89. The number of benzene rings is 2. The number of hydrogen-bond donors (Lipinski definition) is 1.